The number of aromatic nitrogens is 1. The van der Waals surface area contributed by atoms with Crippen molar-refractivity contribution in [2.45, 2.75) is 20.4 Å². The molecule has 3 aromatic carbocycles. The molecule has 0 fully saturated rings. The summed E-state index contributed by atoms with van der Waals surface area (Å²) in [5.41, 5.74) is 7.09. The fourth-order valence-electron chi connectivity index (χ4n) is 3.90. The lowest BCUT2D eigenvalue weighted by molar-refractivity contribution is -0.118. The zero-order chi connectivity index (χ0) is 23.7. The van der Waals surface area contributed by atoms with E-state index in [1.165, 1.54) is 5.56 Å². The van der Waals surface area contributed by atoms with Crippen LogP contribution in [0, 0.1) is 13.8 Å². The Morgan fingerprint density at radius 2 is 1.91 bits per heavy atom. The van der Waals surface area contributed by atoms with Crippen LogP contribution in [0.1, 0.15) is 16.7 Å². The molecule has 0 aliphatic carbocycles. The standard InChI is InChI=1S/C27H25N3O3S/c1-17-4-5-18(2)22(12-17)29-27-30(14-19-6-9-21(32-3)10-7-19)24(16-34-27)20-8-11-25-23(13-20)28-26(31)15-33-25/h4-13,16H,14-15H2,1-3H3,(H,28,31). The number of hydrogen-bond acceptors (Lipinski definition) is 5. The van der Waals surface area contributed by atoms with Crippen molar-refractivity contribution in [3.63, 3.8) is 0 Å². The summed E-state index contributed by atoms with van der Waals surface area (Å²) < 4.78 is 13.1. The van der Waals surface area contributed by atoms with Gasteiger partial charge in [-0.2, -0.15) is 0 Å². The molecule has 0 saturated carbocycles. The minimum absolute atomic E-state index is 0.0428. The maximum absolute atomic E-state index is 11.8. The molecule has 1 aliphatic rings. The van der Waals surface area contributed by atoms with Crippen molar-refractivity contribution in [3.8, 4) is 22.8 Å². The first kappa shape index (κ1) is 22.0. The van der Waals surface area contributed by atoms with Crippen LogP contribution in [0.3, 0.4) is 0 Å². The zero-order valence-corrected chi connectivity index (χ0v) is 20.1. The summed E-state index contributed by atoms with van der Waals surface area (Å²) in [4.78, 5) is 17.8. The monoisotopic (exact) mass is 471 g/mol. The van der Waals surface area contributed by atoms with Gasteiger partial charge in [0.1, 0.15) is 11.5 Å². The molecule has 34 heavy (non-hydrogen) atoms. The van der Waals surface area contributed by atoms with Gasteiger partial charge >= 0.3 is 0 Å². The normalized spacial score (nSPS) is 13.3. The van der Waals surface area contributed by atoms with Crippen molar-refractivity contribution in [3.05, 3.63) is 87.5 Å². The van der Waals surface area contributed by atoms with Gasteiger partial charge in [0.05, 0.1) is 30.7 Å². The number of amides is 1. The average Bonchev–Trinajstić information content (AvgIpc) is 3.23. The van der Waals surface area contributed by atoms with Crippen molar-refractivity contribution < 1.29 is 14.3 Å². The summed E-state index contributed by atoms with van der Waals surface area (Å²) in [6, 6.07) is 20.3. The van der Waals surface area contributed by atoms with E-state index >= 15 is 0 Å². The van der Waals surface area contributed by atoms with Crippen LogP contribution in [0.5, 0.6) is 11.5 Å². The lowest BCUT2D eigenvalue weighted by Crippen LogP contribution is -2.25. The molecule has 4 aromatic rings. The molecule has 1 aromatic heterocycles. The van der Waals surface area contributed by atoms with E-state index in [0.717, 1.165) is 38.6 Å². The Kier molecular flexibility index (Phi) is 5.94. The second-order valence-electron chi connectivity index (χ2n) is 8.29. The van der Waals surface area contributed by atoms with E-state index in [1.807, 2.05) is 30.3 Å². The topological polar surface area (TPSA) is 64.8 Å². The average molecular weight is 472 g/mol. The molecule has 0 atom stereocenters. The number of benzene rings is 3. The molecule has 0 unspecified atom stereocenters. The van der Waals surface area contributed by atoms with Gasteiger partial charge in [-0.1, -0.05) is 24.3 Å². The Morgan fingerprint density at radius 3 is 2.71 bits per heavy atom. The third-order valence-electron chi connectivity index (χ3n) is 5.79. The van der Waals surface area contributed by atoms with Crippen LogP contribution in [0.15, 0.2) is 71.0 Å². The molecule has 0 bridgehead atoms. The van der Waals surface area contributed by atoms with Crippen molar-refractivity contribution in [1.29, 1.82) is 0 Å². The quantitative estimate of drug-likeness (QED) is 0.421. The minimum atomic E-state index is -0.147. The summed E-state index contributed by atoms with van der Waals surface area (Å²) in [6.45, 7) is 4.84. The first-order valence-corrected chi connectivity index (χ1v) is 11.9. The Hall–Kier alpha value is -3.84. The van der Waals surface area contributed by atoms with Crippen molar-refractivity contribution >= 4 is 28.6 Å². The minimum Gasteiger partial charge on any atom is -0.497 e. The van der Waals surface area contributed by atoms with Crippen LogP contribution >= 0.6 is 11.3 Å². The smallest absolute Gasteiger partial charge is 0.262 e. The number of nitrogens with zero attached hydrogens (tertiary/aromatic N) is 2. The van der Waals surface area contributed by atoms with E-state index in [0.29, 0.717) is 18.0 Å². The van der Waals surface area contributed by atoms with Gasteiger partial charge in [-0.3, -0.25) is 4.79 Å². The molecule has 1 aliphatic heterocycles. The first-order valence-electron chi connectivity index (χ1n) is 11.0. The number of anilines is 1. The Labute approximate surface area is 202 Å². The lowest BCUT2D eigenvalue weighted by Gasteiger charge is -2.19. The second-order valence-corrected chi connectivity index (χ2v) is 9.12. The van der Waals surface area contributed by atoms with Gasteiger partial charge in [-0.25, -0.2) is 4.99 Å². The SMILES string of the molecule is COc1ccc(Cn2c(-c3ccc4c(c3)NC(=O)CO4)csc2=Nc2cc(C)ccc2C)cc1. The molecule has 5 rings (SSSR count). The number of rotatable bonds is 5. The molecular formula is C27H25N3O3S. The number of aryl methyl sites for hydroxylation is 2. The summed E-state index contributed by atoms with van der Waals surface area (Å²) in [5.74, 6) is 1.36. The molecule has 0 radical (unpaired) electrons. The highest BCUT2D eigenvalue weighted by atomic mass is 32.1. The molecule has 0 saturated heterocycles. The van der Waals surface area contributed by atoms with Crippen LogP contribution in [0.25, 0.3) is 11.3 Å². The highest BCUT2D eigenvalue weighted by Crippen LogP contribution is 2.33. The summed E-state index contributed by atoms with van der Waals surface area (Å²) in [6.07, 6.45) is 0. The molecule has 1 amide bonds. The Bertz CT molecular complexity index is 1430. The number of hydrogen-bond donors (Lipinski definition) is 1. The van der Waals surface area contributed by atoms with Gasteiger partial charge < -0.3 is 19.4 Å². The molecule has 6 nitrogen and oxygen atoms in total. The molecule has 172 valence electrons. The summed E-state index contributed by atoms with van der Waals surface area (Å²) in [5, 5.41) is 5.02. The van der Waals surface area contributed by atoms with Gasteiger partial charge in [0.25, 0.3) is 5.91 Å². The van der Waals surface area contributed by atoms with E-state index in [2.05, 4.69) is 59.4 Å². The summed E-state index contributed by atoms with van der Waals surface area (Å²) in [7, 11) is 1.67. The van der Waals surface area contributed by atoms with E-state index < -0.39 is 0 Å². The Balaban J connectivity index is 1.63. The predicted molar refractivity (Wildman–Crippen MR) is 135 cm³/mol. The fourth-order valence-corrected chi connectivity index (χ4v) is 4.82. The third kappa shape index (κ3) is 4.47. The first-order chi connectivity index (χ1) is 16.5. The van der Waals surface area contributed by atoms with Gasteiger partial charge in [0.2, 0.25) is 0 Å². The van der Waals surface area contributed by atoms with Crippen molar-refractivity contribution in [1.82, 2.24) is 4.57 Å². The van der Waals surface area contributed by atoms with Crippen LogP contribution < -0.4 is 19.6 Å². The lowest BCUT2D eigenvalue weighted by atomic mass is 10.1. The van der Waals surface area contributed by atoms with Crippen LogP contribution in [-0.4, -0.2) is 24.2 Å². The highest BCUT2D eigenvalue weighted by molar-refractivity contribution is 7.07. The van der Waals surface area contributed by atoms with Gasteiger partial charge in [-0.05, 0) is 66.9 Å². The number of carbonyl (C=O) groups is 1. The maximum Gasteiger partial charge on any atom is 0.262 e. The molecule has 1 N–H and O–H groups in total. The fraction of sp³-hybridized carbons (Fsp3) is 0.185. The molecule has 7 heteroatoms. The van der Waals surface area contributed by atoms with Crippen molar-refractivity contribution in [2.24, 2.45) is 4.99 Å². The third-order valence-corrected chi connectivity index (χ3v) is 6.65. The van der Waals surface area contributed by atoms with Crippen LogP contribution in [0.4, 0.5) is 11.4 Å². The number of carbonyl (C=O) groups excluding carboxylic acids is 1. The number of nitrogens with one attached hydrogen (secondary N) is 1. The number of methoxy groups -OCH3 is 1. The van der Waals surface area contributed by atoms with E-state index in [-0.39, 0.29) is 12.5 Å². The highest BCUT2D eigenvalue weighted by Gasteiger charge is 2.18. The van der Waals surface area contributed by atoms with E-state index in [9.17, 15) is 4.79 Å². The molecule has 0 spiro atoms. The molecular weight excluding hydrogens is 446 g/mol. The van der Waals surface area contributed by atoms with Crippen molar-refractivity contribution in [2.75, 3.05) is 19.0 Å². The largest absolute Gasteiger partial charge is 0.497 e. The van der Waals surface area contributed by atoms with Crippen LogP contribution in [0.2, 0.25) is 0 Å². The molecule has 2 heterocycles. The van der Waals surface area contributed by atoms with E-state index in [4.69, 9.17) is 14.5 Å². The number of fused-ring (bicyclic) bond motifs is 1. The Morgan fingerprint density at radius 1 is 1.09 bits per heavy atom. The van der Waals surface area contributed by atoms with Gasteiger partial charge in [-0.15, -0.1) is 11.3 Å². The predicted octanol–water partition coefficient (Wildman–Crippen LogP) is 5.45. The van der Waals surface area contributed by atoms with E-state index in [1.54, 1.807) is 18.4 Å². The summed E-state index contributed by atoms with van der Waals surface area (Å²) >= 11 is 1.60. The maximum atomic E-state index is 11.8. The van der Waals surface area contributed by atoms with Gasteiger partial charge in [0, 0.05) is 10.9 Å². The second kappa shape index (κ2) is 9.19. The van der Waals surface area contributed by atoms with Crippen LogP contribution in [-0.2, 0) is 11.3 Å². The number of thiazole rings is 1. The number of ether oxygens (including phenoxy) is 2. The van der Waals surface area contributed by atoms with Gasteiger partial charge in [0.15, 0.2) is 11.4 Å². The zero-order valence-electron chi connectivity index (χ0n) is 19.3.